The molecule has 0 atom stereocenters. The lowest BCUT2D eigenvalue weighted by molar-refractivity contribution is -0.385. The van der Waals surface area contributed by atoms with Crippen molar-refractivity contribution >= 4 is 27.9 Å². The van der Waals surface area contributed by atoms with Crippen LogP contribution >= 0.6 is 11.3 Å². The van der Waals surface area contributed by atoms with Gasteiger partial charge in [-0.15, -0.1) is 11.3 Å². The quantitative estimate of drug-likeness (QED) is 0.682. The predicted octanol–water partition coefficient (Wildman–Crippen LogP) is 3.41. The van der Waals surface area contributed by atoms with Gasteiger partial charge in [0.25, 0.3) is 5.91 Å². The highest BCUT2D eigenvalue weighted by atomic mass is 32.1. The summed E-state index contributed by atoms with van der Waals surface area (Å²) >= 11 is 1.29. The molecule has 1 amide bonds. The normalized spacial score (nSPS) is 10.0. The lowest BCUT2D eigenvalue weighted by atomic mass is 10.1. The second kappa shape index (κ2) is 6.46. The Morgan fingerprint density at radius 2 is 2.13 bits per heavy atom. The maximum absolute atomic E-state index is 12.3. The second-order valence-corrected chi connectivity index (χ2v) is 5.92. The van der Waals surface area contributed by atoms with Crippen LogP contribution in [0.3, 0.4) is 0 Å². The molecule has 0 spiro atoms. The summed E-state index contributed by atoms with van der Waals surface area (Å²) in [5.41, 5.74) is 1.04. The monoisotopic (exact) mass is 331 g/mol. The molecule has 118 valence electrons. The maximum atomic E-state index is 12.3. The van der Waals surface area contributed by atoms with Crippen LogP contribution in [-0.4, -0.2) is 17.9 Å². The Morgan fingerprint density at radius 3 is 2.70 bits per heavy atom. The number of carbonyl (C=O) groups excluding carboxylic acids is 1. The van der Waals surface area contributed by atoms with E-state index >= 15 is 0 Å². The molecule has 0 fully saturated rings. The zero-order valence-electron chi connectivity index (χ0n) is 12.7. The van der Waals surface area contributed by atoms with Crippen LogP contribution in [-0.2, 0) is 0 Å². The Kier molecular flexibility index (Phi) is 4.62. The van der Waals surface area contributed by atoms with Gasteiger partial charge in [-0.1, -0.05) is 0 Å². The van der Waals surface area contributed by atoms with Crippen molar-refractivity contribution in [1.82, 2.24) is 0 Å². The molecule has 0 aliphatic rings. The van der Waals surface area contributed by atoms with Gasteiger partial charge in [0.05, 0.1) is 17.6 Å². The summed E-state index contributed by atoms with van der Waals surface area (Å²) < 4.78 is 4.90. The van der Waals surface area contributed by atoms with Crippen molar-refractivity contribution in [2.75, 3.05) is 12.4 Å². The van der Waals surface area contributed by atoms with E-state index in [0.29, 0.717) is 10.6 Å². The summed E-state index contributed by atoms with van der Waals surface area (Å²) in [6.45, 7) is 3.66. The van der Waals surface area contributed by atoms with Crippen molar-refractivity contribution in [2.24, 2.45) is 0 Å². The first-order valence-corrected chi connectivity index (χ1v) is 7.34. The number of nitrogens with zero attached hydrogens (tertiary/aromatic N) is 2. The van der Waals surface area contributed by atoms with E-state index in [2.05, 4.69) is 11.4 Å². The van der Waals surface area contributed by atoms with Crippen LogP contribution in [0.4, 0.5) is 10.7 Å². The molecule has 7 nitrogen and oxygen atoms in total. The van der Waals surface area contributed by atoms with E-state index < -0.39 is 10.8 Å². The van der Waals surface area contributed by atoms with Crippen LogP contribution in [0, 0.1) is 35.3 Å². The van der Waals surface area contributed by atoms with Gasteiger partial charge >= 0.3 is 5.69 Å². The summed E-state index contributed by atoms with van der Waals surface area (Å²) in [6, 6.07) is 6.00. The van der Waals surface area contributed by atoms with Gasteiger partial charge < -0.3 is 10.1 Å². The molecule has 1 aromatic heterocycles. The maximum Gasteiger partial charge on any atom is 0.311 e. The molecule has 8 heteroatoms. The van der Waals surface area contributed by atoms with Crippen LogP contribution in [0.2, 0.25) is 0 Å². The molecule has 0 aliphatic carbocycles. The van der Waals surface area contributed by atoms with Crippen molar-refractivity contribution in [3.05, 3.63) is 49.9 Å². The van der Waals surface area contributed by atoms with E-state index in [1.807, 2.05) is 6.92 Å². The lowest BCUT2D eigenvalue weighted by Crippen LogP contribution is -2.12. The molecule has 1 aromatic carbocycles. The van der Waals surface area contributed by atoms with E-state index in [0.717, 1.165) is 16.5 Å². The number of anilines is 1. The summed E-state index contributed by atoms with van der Waals surface area (Å²) in [6.07, 6.45) is 0. The van der Waals surface area contributed by atoms with Crippen LogP contribution in [0.5, 0.6) is 5.75 Å². The smallest absolute Gasteiger partial charge is 0.311 e. The number of methoxy groups -OCH3 is 1. The van der Waals surface area contributed by atoms with E-state index in [-0.39, 0.29) is 17.0 Å². The van der Waals surface area contributed by atoms with Crippen molar-refractivity contribution in [3.8, 4) is 11.8 Å². The van der Waals surface area contributed by atoms with Crippen molar-refractivity contribution < 1.29 is 14.5 Å². The molecule has 2 rings (SSSR count). The average molecular weight is 331 g/mol. The molecule has 0 radical (unpaired) electrons. The number of carbonyl (C=O) groups is 1. The highest BCUT2D eigenvalue weighted by Gasteiger charge is 2.20. The number of amides is 1. The first kappa shape index (κ1) is 16.5. The topological polar surface area (TPSA) is 105 Å². The fourth-order valence-electron chi connectivity index (χ4n) is 2.00. The number of rotatable bonds is 4. The third-order valence-corrected chi connectivity index (χ3v) is 4.48. The summed E-state index contributed by atoms with van der Waals surface area (Å²) in [5, 5.41) is 23.3. The summed E-state index contributed by atoms with van der Waals surface area (Å²) in [4.78, 5) is 23.6. The minimum absolute atomic E-state index is 0.0760. The largest absolute Gasteiger partial charge is 0.490 e. The highest BCUT2D eigenvalue weighted by Crippen LogP contribution is 2.33. The molecule has 0 aliphatic heterocycles. The molecular weight excluding hydrogens is 318 g/mol. The first-order valence-electron chi connectivity index (χ1n) is 6.53. The number of nitro groups is 1. The second-order valence-electron chi connectivity index (χ2n) is 4.70. The molecule has 1 heterocycles. The zero-order chi connectivity index (χ0) is 17.1. The minimum atomic E-state index is -0.615. The van der Waals surface area contributed by atoms with Crippen LogP contribution in [0.1, 0.15) is 26.4 Å². The molecule has 23 heavy (non-hydrogen) atoms. The summed E-state index contributed by atoms with van der Waals surface area (Å²) in [5.74, 6) is -0.444. The first-order chi connectivity index (χ1) is 10.9. The van der Waals surface area contributed by atoms with Crippen molar-refractivity contribution in [2.45, 2.75) is 13.8 Å². The number of benzene rings is 1. The molecule has 0 saturated heterocycles. The lowest BCUT2D eigenvalue weighted by Gasteiger charge is -2.06. The molecule has 1 N–H and O–H groups in total. The van der Waals surface area contributed by atoms with E-state index in [4.69, 9.17) is 4.74 Å². The minimum Gasteiger partial charge on any atom is -0.490 e. The van der Waals surface area contributed by atoms with Gasteiger partial charge in [-0.05, 0) is 31.5 Å². The number of nitriles is 1. The number of aryl methyl sites for hydroxylation is 1. The fourth-order valence-corrected chi connectivity index (χ4v) is 3.00. The number of thiophene rings is 1. The van der Waals surface area contributed by atoms with Crippen LogP contribution < -0.4 is 10.1 Å². The van der Waals surface area contributed by atoms with E-state index in [9.17, 15) is 20.2 Å². The van der Waals surface area contributed by atoms with Gasteiger partial charge in [-0.2, -0.15) is 5.26 Å². The molecular formula is C15H13N3O4S. The number of ether oxygens (including phenoxy) is 1. The van der Waals surface area contributed by atoms with Gasteiger partial charge in [0.1, 0.15) is 11.1 Å². The molecule has 0 bridgehead atoms. The van der Waals surface area contributed by atoms with Gasteiger partial charge in [-0.3, -0.25) is 14.9 Å². The summed E-state index contributed by atoms with van der Waals surface area (Å²) in [7, 11) is 1.32. The molecule has 2 aromatic rings. The Labute approximate surface area is 136 Å². The fraction of sp³-hybridized carbons (Fsp3) is 0.200. The third kappa shape index (κ3) is 3.14. The van der Waals surface area contributed by atoms with Gasteiger partial charge in [0.2, 0.25) is 0 Å². The third-order valence-electron chi connectivity index (χ3n) is 3.36. The highest BCUT2D eigenvalue weighted by molar-refractivity contribution is 7.16. The van der Waals surface area contributed by atoms with Gasteiger partial charge in [-0.25, -0.2) is 0 Å². The number of nitrogens with one attached hydrogen (secondary N) is 1. The van der Waals surface area contributed by atoms with E-state index in [1.54, 1.807) is 6.92 Å². The standard InChI is InChI=1S/C15H13N3O4S/c1-8-9(2)23-15(11(8)7-16)17-14(19)10-4-5-13(22-3)12(6-10)18(20)21/h4-6H,1-3H3,(H,17,19). The molecule has 0 saturated carbocycles. The Bertz CT molecular complexity index is 836. The van der Waals surface area contributed by atoms with Crippen molar-refractivity contribution in [3.63, 3.8) is 0 Å². The van der Waals surface area contributed by atoms with Crippen LogP contribution in [0.15, 0.2) is 18.2 Å². The Hall–Kier alpha value is -2.92. The van der Waals surface area contributed by atoms with Crippen molar-refractivity contribution in [1.29, 1.82) is 5.26 Å². The Balaban J connectivity index is 2.36. The number of nitro benzene ring substituents is 1. The zero-order valence-corrected chi connectivity index (χ0v) is 13.5. The van der Waals surface area contributed by atoms with Gasteiger partial charge in [0, 0.05) is 16.5 Å². The molecule has 0 unspecified atom stereocenters. The number of hydrogen-bond donors (Lipinski definition) is 1. The SMILES string of the molecule is COc1ccc(C(=O)Nc2sc(C)c(C)c2C#N)cc1[N+](=O)[O-]. The Morgan fingerprint density at radius 1 is 1.43 bits per heavy atom. The van der Waals surface area contributed by atoms with E-state index in [1.165, 1.54) is 30.6 Å². The number of hydrogen-bond acceptors (Lipinski definition) is 6. The van der Waals surface area contributed by atoms with Crippen LogP contribution in [0.25, 0.3) is 0 Å². The predicted molar refractivity (Wildman–Crippen MR) is 86.1 cm³/mol. The average Bonchev–Trinajstić information content (AvgIpc) is 2.80. The van der Waals surface area contributed by atoms with Gasteiger partial charge in [0.15, 0.2) is 5.75 Å².